The first-order valence-electron chi connectivity index (χ1n) is 6.54. The molecule has 0 saturated carbocycles. The number of benzene rings is 1. The molecule has 0 radical (unpaired) electrons. The molecule has 1 aliphatic rings. The van der Waals surface area contributed by atoms with E-state index in [-0.39, 0.29) is 0 Å². The summed E-state index contributed by atoms with van der Waals surface area (Å²) in [6.07, 6.45) is 1.13. The van der Waals surface area contributed by atoms with Crippen LogP contribution in [0.4, 0.5) is 0 Å². The van der Waals surface area contributed by atoms with Gasteiger partial charge < -0.3 is 9.88 Å². The summed E-state index contributed by atoms with van der Waals surface area (Å²) in [7, 11) is 0. The zero-order valence-corrected chi connectivity index (χ0v) is 10.9. The predicted molar refractivity (Wildman–Crippen MR) is 72.5 cm³/mol. The van der Waals surface area contributed by atoms with Crippen molar-refractivity contribution in [2.24, 2.45) is 0 Å². The Kier molecular flexibility index (Phi) is 2.48. The van der Waals surface area contributed by atoms with Gasteiger partial charge in [0.1, 0.15) is 0 Å². The summed E-state index contributed by atoms with van der Waals surface area (Å²) in [6.45, 7) is 9.92. The van der Waals surface area contributed by atoms with Gasteiger partial charge >= 0.3 is 0 Å². The topological polar surface area (TPSA) is 17.0 Å². The third kappa shape index (κ3) is 1.51. The van der Waals surface area contributed by atoms with Gasteiger partial charge in [0.2, 0.25) is 0 Å². The van der Waals surface area contributed by atoms with E-state index in [1.807, 2.05) is 0 Å². The minimum Gasteiger partial charge on any atom is -0.342 e. The van der Waals surface area contributed by atoms with Crippen molar-refractivity contribution < 1.29 is 0 Å². The van der Waals surface area contributed by atoms with Crippen LogP contribution in [0.25, 0.3) is 10.9 Å². The van der Waals surface area contributed by atoms with E-state index in [0.29, 0.717) is 0 Å². The molecule has 2 aromatic rings. The van der Waals surface area contributed by atoms with Gasteiger partial charge in [0, 0.05) is 30.7 Å². The maximum Gasteiger partial charge on any atom is 0.0516 e. The van der Waals surface area contributed by atoms with Crippen molar-refractivity contribution in [2.75, 3.05) is 6.54 Å². The monoisotopic (exact) mass is 228 g/mol. The molecule has 1 aromatic carbocycles. The van der Waals surface area contributed by atoms with E-state index in [4.69, 9.17) is 0 Å². The molecule has 1 aliphatic heterocycles. The zero-order valence-electron chi connectivity index (χ0n) is 10.9. The minimum atomic E-state index is 1.02. The number of hydrogen-bond acceptors (Lipinski definition) is 1. The molecule has 0 atom stereocenters. The Bertz CT molecular complexity index is 578. The van der Waals surface area contributed by atoms with Gasteiger partial charge in [-0.1, -0.05) is 18.6 Å². The third-order valence-corrected chi connectivity index (χ3v) is 3.87. The fourth-order valence-corrected chi connectivity index (χ4v) is 3.24. The normalized spacial score (nSPS) is 15.2. The zero-order chi connectivity index (χ0) is 12.0. The van der Waals surface area contributed by atoms with Crippen LogP contribution in [-0.2, 0) is 19.5 Å². The van der Waals surface area contributed by atoms with Gasteiger partial charge in [-0.2, -0.15) is 0 Å². The van der Waals surface area contributed by atoms with Gasteiger partial charge in [0.15, 0.2) is 0 Å². The van der Waals surface area contributed by atoms with Crippen molar-refractivity contribution in [2.45, 2.75) is 40.3 Å². The Labute approximate surface area is 103 Å². The molecule has 3 rings (SSSR count). The molecule has 0 spiro atoms. The molecule has 2 heteroatoms. The molecule has 0 unspecified atom stereocenters. The molecule has 2 heterocycles. The second-order valence-corrected chi connectivity index (χ2v) is 5.09. The van der Waals surface area contributed by atoms with Gasteiger partial charge in [-0.15, -0.1) is 0 Å². The summed E-state index contributed by atoms with van der Waals surface area (Å²) in [4.78, 5) is 0. The average Bonchev–Trinajstić information content (AvgIpc) is 2.62. The largest absolute Gasteiger partial charge is 0.342 e. The highest BCUT2D eigenvalue weighted by atomic mass is 15.1. The number of fused-ring (bicyclic) bond motifs is 3. The number of rotatable bonds is 1. The van der Waals surface area contributed by atoms with E-state index in [1.54, 1.807) is 5.56 Å². The smallest absolute Gasteiger partial charge is 0.0516 e. The summed E-state index contributed by atoms with van der Waals surface area (Å²) < 4.78 is 2.53. The summed E-state index contributed by atoms with van der Waals surface area (Å²) in [5.74, 6) is 0. The summed E-state index contributed by atoms with van der Waals surface area (Å²) in [5, 5.41) is 4.97. The summed E-state index contributed by atoms with van der Waals surface area (Å²) >= 11 is 0. The van der Waals surface area contributed by atoms with Crippen LogP contribution < -0.4 is 5.32 Å². The van der Waals surface area contributed by atoms with Gasteiger partial charge in [0.05, 0.1) is 5.52 Å². The van der Waals surface area contributed by atoms with Crippen molar-refractivity contribution in [3.63, 3.8) is 0 Å². The molecule has 1 N–H and O–H groups in total. The van der Waals surface area contributed by atoms with E-state index in [9.17, 15) is 0 Å². The Morgan fingerprint density at radius 3 is 2.88 bits per heavy atom. The van der Waals surface area contributed by atoms with Gasteiger partial charge in [-0.25, -0.2) is 0 Å². The quantitative estimate of drug-likeness (QED) is 0.794. The predicted octanol–water partition coefficient (Wildman–Crippen LogP) is 2.92. The van der Waals surface area contributed by atoms with Crippen LogP contribution in [-0.4, -0.2) is 11.1 Å². The molecule has 0 bridgehead atoms. The summed E-state index contributed by atoms with van der Waals surface area (Å²) in [6, 6.07) is 4.66. The number of aryl methyl sites for hydroxylation is 3. The molecule has 1 aromatic heterocycles. The molecular weight excluding hydrogens is 208 g/mol. The molecule has 0 aliphatic carbocycles. The molecule has 2 nitrogen and oxygen atoms in total. The Hall–Kier alpha value is -1.28. The number of nitrogens with one attached hydrogen (secondary N) is 1. The first-order chi connectivity index (χ1) is 8.22. The highest BCUT2D eigenvalue weighted by Gasteiger charge is 2.19. The maximum atomic E-state index is 3.49. The Morgan fingerprint density at radius 1 is 1.29 bits per heavy atom. The van der Waals surface area contributed by atoms with Crippen molar-refractivity contribution in [1.82, 2.24) is 9.88 Å². The first-order valence-corrected chi connectivity index (χ1v) is 6.54. The average molecular weight is 228 g/mol. The van der Waals surface area contributed by atoms with E-state index in [1.165, 1.54) is 27.7 Å². The fraction of sp³-hybridized carbons (Fsp3) is 0.467. The molecule has 90 valence electrons. The number of aromatic nitrogens is 1. The highest BCUT2D eigenvalue weighted by molar-refractivity contribution is 5.89. The molecule has 0 amide bonds. The molecular formula is C15H20N2. The van der Waals surface area contributed by atoms with Crippen molar-refractivity contribution in [3.05, 3.63) is 34.5 Å². The maximum absolute atomic E-state index is 3.49. The van der Waals surface area contributed by atoms with Crippen LogP contribution in [0.15, 0.2) is 12.1 Å². The lowest BCUT2D eigenvalue weighted by Gasteiger charge is -2.19. The first kappa shape index (κ1) is 10.8. The van der Waals surface area contributed by atoms with Crippen LogP contribution in [0.2, 0.25) is 0 Å². The van der Waals surface area contributed by atoms with E-state index >= 15 is 0 Å². The Balaban J connectivity index is 2.43. The second-order valence-electron chi connectivity index (χ2n) is 5.09. The Morgan fingerprint density at radius 2 is 2.12 bits per heavy atom. The van der Waals surface area contributed by atoms with Gasteiger partial charge in [-0.3, -0.25) is 0 Å². The van der Waals surface area contributed by atoms with Crippen LogP contribution >= 0.6 is 0 Å². The van der Waals surface area contributed by atoms with Crippen molar-refractivity contribution in [3.8, 4) is 0 Å². The van der Waals surface area contributed by atoms with E-state index < -0.39 is 0 Å². The SMILES string of the molecule is CCc1c2n(c3c(C)cc(C)cc13)CCNC2. The number of hydrogen-bond donors (Lipinski definition) is 1. The minimum absolute atomic E-state index is 1.02. The lowest BCUT2D eigenvalue weighted by Crippen LogP contribution is -2.28. The molecule has 0 fully saturated rings. The lowest BCUT2D eigenvalue weighted by atomic mass is 10.0. The number of nitrogens with zero attached hydrogens (tertiary/aromatic N) is 1. The third-order valence-electron chi connectivity index (χ3n) is 3.87. The molecule has 17 heavy (non-hydrogen) atoms. The van der Waals surface area contributed by atoms with E-state index in [0.717, 1.165) is 26.1 Å². The molecule has 0 saturated heterocycles. The lowest BCUT2D eigenvalue weighted by molar-refractivity contribution is 0.522. The van der Waals surface area contributed by atoms with Crippen LogP contribution in [0.5, 0.6) is 0 Å². The van der Waals surface area contributed by atoms with Gasteiger partial charge in [-0.05, 0) is 37.5 Å². The fourth-order valence-electron chi connectivity index (χ4n) is 3.24. The van der Waals surface area contributed by atoms with E-state index in [2.05, 4.69) is 42.8 Å². The van der Waals surface area contributed by atoms with Crippen LogP contribution in [0.1, 0.15) is 29.3 Å². The van der Waals surface area contributed by atoms with Crippen molar-refractivity contribution in [1.29, 1.82) is 0 Å². The summed E-state index contributed by atoms with van der Waals surface area (Å²) in [5.41, 5.74) is 7.30. The van der Waals surface area contributed by atoms with Crippen molar-refractivity contribution >= 4 is 10.9 Å². The van der Waals surface area contributed by atoms with Gasteiger partial charge in [0.25, 0.3) is 0 Å². The van der Waals surface area contributed by atoms with Crippen LogP contribution in [0.3, 0.4) is 0 Å². The van der Waals surface area contributed by atoms with Crippen LogP contribution in [0, 0.1) is 13.8 Å². The second kappa shape index (κ2) is 3.88. The highest BCUT2D eigenvalue weighted by Crippen LogP contribution is 2.31. The standard InChI is InChI=1S/C15H20N2/c1-4-12-13-8-10(2)7-11(3)15(13)17-6-5-16-9-14(12)17/h7-8,16H,4-6,9H2,1-3H3.